The van der Waals surface area contributed by atoms with E-state index in [0.29, 0.717) is 42.9 Å². The molecule has 1 unspecified atom stereocenters. The number of aromatic nitrogens is 4. The van der Waals surface area contributed by atoms with Gasteiger partial charge in [-0.25, -0.2) is 15.0 Å². The number of unbranched alkanes of at least 4 members (excludes halogenated alkanes) is 2. The molecule has 2 aromatic rings. The highest BCUT2D eigenvalue weighted by atomic mass is 16.8. The average molecular weight is 505 g/mol. The quantitative estimate of drug-likeness (QED) is 0.344. The molecule has 4 heterocycles. The zero-order valence-electron chi connectivity index (χ0n) is 21.1. The topological polar surface area (TPSA) is 150 Å². The number of hydrogen-bond acceptors (Lipinski definition) is 10. The Labute approximate surface area is 210 Å². The summed E-state index contributed by atoms with van der Waals surface area (Å²) in [6, 6.07) is 0. The smallest absolute Gasteiger partial charge is 0.219 e. The summed E-state index contributed by atoms with van der Waals surface area (Å²) in [5.74, 6) is 0.0328. The highest BCUT2D eigenvalue weighted by Gasteiger charge is 2.56. The molecule has 0 aromatic carbocycles. The van der Waals surface area contributed by atoms with Gasteiger partial charge in [-0.2, -0.15) is 0 Å². The normalized spacial score (nSPS) is 24.7. The largest absolute Gasteiger partial charge is 0.394 e. The fraction of sp³-hybridized carbons (Fsp3) is 0.708. The number of amides is 1. The van der Waals surface area contributed by atoms with E-state index in [9.17, 15) is 14.7 Å². The zero-order valence-corrected chi connectivity index (χ0v) is 21.1. The summed E-state index contributed by atoms with van der Waals surface area (Å²) >= 11 is 0. The molecule has 2 aromatic heterocycles. The van der Waals surface area contributed by atoms with Crippen LogP contribution >= 0.6 is 0 Å². The molecular formula is C24H36N6O6. The van der Waals surface area contributed by atoms with Crippen molar-refractivity contribution in [1.82, 2.24) is 24.8 Å². The summed E-state index contributed by atoms with van der Waals surface area (Å²) in [5, 5.41) is 16.0. The minimum absolute atomic E-state index is 0.0226. The van der Waals surface area contributed by atoms with Crippen LogP contribution in [0.2, 0.25) is 0 Å². The SMILES string of the molecule is CC(=O)CCCCC(=O)NCCCCNc1ncnc2c1ncn2[C@@H]1O[C@H](CO)C2OC(C)(C)O[C@@H]21. The Bertz CT molecular complexity index is 1060. The maximum Gasteiger partial charge on any atom is 0.219 e. The monoisotopic (exact) mass is 504 g/mol. The number of aliphatic hydroxyl groups excluding tert-OH is 1. The number of carbonyl (C=O) groups excluding carboxylic acids is 2. The Morgan fingerprint density at radius 3 is 2.58 bits per heavy atom. The van der Waals surface area contributed by atoms with E-state index in [0.717, 1.165) is 25.7 Å². The predicted octanol–water partition coefficient (Wildman–Crippen LogP) is 1.69. The Hall–Kier alpha value is -2.67. The number of carbonyl (C=O) groups is 2. The fourth-order valence-corrected chi connectivity index (χ4v) is 4.63. The number of imidazole rings is 1. The van der Waals surface area contributed by atoms with Gasteiger partial charge in [-0.1, -0.05) is 0 Å². The lowest BCUT2D eigenvalue weighted by Gasteiger charge is -2.24. The summed E-state index contributed by atoms with van der Waals surface area (Å²) in [6.45, 7) is 6.35. The van der Waals surface area contributed by atoms with Gasteiger partial charge in [0.2, 0.25) is 5.91 Å². The van der Waals surface area contributed by atoms with Crippen LogP contribution in [0.25, 0.3) is 11.2 Å². The number of hydrogen-bond donors (Lipinski definition) is 3. The number of fused-ring (bicyclic) bond motifs is 2. The molecule has 0 bridgehead atoms. The van der Waals surface area contributed by atoms with Gasteiger partial charge in [0.05, 0.1) is 12.9 Å². The van der Waals surface area contributed by atoms with E-state index in [1.54, 1.807) is 17.8 Å². The Kier molecular flexibility index (Phi) is 8.50. The number of ether oxygens (including phenoxy) is 3. The molecule has 36 heavy (non-hydrogen) atoms. The van der Waals surface area contributed by atoms with Crippen LogP contribution in [0.4, 0.5) is 5.82 Å². The first-order valence-corrected chi connectivity index (χ1v) is 12.6. The minimum Gasteiger partial charge on any atom is -0.394 e. The summed E-state index contributed by atoms with van der Waals surface area (Å²) in [6.07, 6.45) is 5.44. The van der Waals surface area contributed by atoms with Gasteiger partial charge in [0.1, 0.15) is 30.4 Å². The third-order valence-electron chi connectivity index (χ3n) is 6.34. The molecule has 4 atom stereocenters. The first-order valence-electron chi connectivity index (χ1n) is 12.6. The second-order valence-corrected chi connectivity index (χ2v) is 9.75. The van der Waals surface area contributed by atoms with Crippen molar-refractivity contribution in [3.05, 3.63) is 12.7 Å². The molecule has 12 heteroatoms. The molecule has 0 spiro atoms. The molecule has 198 valence electrons. The maximum atomic E-state index is 11.9. The van der Waals surface area contributed by atoms with E-state index >= 15 is 0 Å². The molecule has 0 radical (unpaired) electrons. The molecule has 2 saturated heterocycles. The van der Waals surface area contributed by atoms with E-state index in [1.165, 1.54) is 6.33 Å². The van der Waals surface area contributed by atoms with Crippen LogP contribution in [0.3, 0.4) is 0 Å². The summed E-state index contributed by atoms with van der Waals surface area (Å²) in [7, 11) is 0. The lowest BCUT2D eigenvalue weighted by molar-refractivity contribution is -0.199. The zero-order chi connectivity index (χ0) is 25.7. The molecule has 3 N–H and O–H groups in total. The van der Waals surface area contributed by atoms with E-state index in [4.69, 9.17) is 14.2 Å². The standard InChI is InChI=1S/C24H36N6O6/c1-15(32)8-4-5-9-17(33)25-10-6-7-11-26-21-18-22(28-13-27-21)30(14-29-18)23-20-19(16(12-31)34-23)35-24(2,3)36-20/h13-14,16,19-20,23,31H,4-12H2,1-3H3,(H,25,33)(H,26,27,28)/t16-,19?,20+,23-/m1/s1. The van der Waals surface area contributed by atoms with E-state index in [1.807, 2.05) is 13.8 Å². The van der Waals surface area contributed by atoms with E-state index < -0.39 is 24.2 Å². The molecule has 12 nitrogen and oxygen atoms in total. The van der Waals surface area contributed by atoms with Gasteiger partial charge >= 0.3 is 0 Å². The second-order valence-electron chi connectivity index (χ2n) is 9.75. The molecule has 0 aliphatic carbocycles. The summed E-state index contributed by atoms with van der Waals surface area (Å²) < 4.78 is 19.9. The molecule has 1 amide bonds. The molecule has 2 fully saturated rings. The minimum atomic E-state index is -0.766. The van der Waals surface area contributed by atoms with Crippen molar-refractivity contribution in [3.63, 3.8) is 0 Å². The number of Topliss-reactive ketones (excluding diaryl/α,β-unsaturated/α-hetero) is 1. The van der Waals surface area contributed by atoms with Crippen molar-refractivity contribution in [2.75, 3.05) is 25.0 Å². The number of nitrogens with zero attached hydrogens (tertiary/aromatic N) is 4. The van der Waals surface area contributed by atoms with Crippen molar-refractivity contribution in [3.8, 4) is 0 Å². The third-order valence-corrected chi connectivity index (χ3v) is 6.34. The predicted molar refractivity (Wildman–Crippen MR) is 130 cm³/mol. The second kappa shape index (κ2) is 11.6. The maximum absolute atomic E-state index is 11.9. The van der Waals surface area contributed by atoms with Crippen LogP contribution in [0.15, 0.2) is 12.7 Å². The Morgan fingerprint density at radius 1 is 1.06 bits per heavy atom. The van der Waals surface area contributed by atoms with Crippen LogP contribution < -0.4 is 10.6 Å². The lowest BCUT2D eigenvalue weighted by atomic mass is 10.1. The Balaban J connectivity index is 1.27. The van der Waals surface area contributed by atoms with Gasteiger partial charge in [0, 0.05) is 25.9 Å². The number of rotatable bonds is 13. The number of ketones is 1. The van der Waals surface area contributed by atoms with Crippen molar-refractivity contribution >= 4 is 28.7 Å². The summed E-state index contributed by atoms with van der Waals surface area (Å²) in [4.78, 5) is 36.1. The fourth-order valence-electron chi connectivity index (χ4n) is 4.63. The van der Waals surface area contributed by atoms with Crippen molar-refractivity contribution < 1.29 is 28.9 Å². The van der Waals surface area contributed by atoms with Gasteiger partial charge in [0.15, 0.2) is 29.0 Å². The van der Waals surface area contributed by atoms with Crippen molar-refractivity contribution in [2.45, 2.75) is 89.6 Å². The first-order chi connectivity index (χ1) is 17.3. The van der Waals surface area contributed by atoms with E-state index in [2.05, 4.69) is 25.6 Å². The van der Waals surface area contributed by atoms with Crippen LogP contribution in [0, 0.1) is 0 Å². The van der Waals surface area contributed by atoms with Crippen molar-refractivity contribution in [2.24, 2.45) is 0 Å². The van der Waals surface area contributed by atoms with Crippen LogP contribution in [-0.2, 0) is 23.8 Å². The van der Waals surface area contributed by atoms with Crippen molar-refractivity contribution in [1.29, 1.82) is 0 Å². The number of nitrogens with one attached hydrogen (secondary N) is 2. The number of aliphatic hydroxyl groups is 1. The van der Waals surface area contributed by atoms with Gasteiger partial charge < -0.3 is 34.7 Å². The van der Waals surface area contributed by atoms with Gasteiger partial charge in [-0.15, -0.1) is 0 Å². The van der Waals surface area contributed by atoms with Crippen LogP contribution in [0.5, 0.6) is 0 Å². The van der Waals surface area contributed by atoms with E-state index in [-0.39, 0.29) is 24.4 Å². The lowest BCUT2D eigenvalue weighted by Crippen LogP contribution is -2.31. The third kappa shape index (κ3) is 6.17. The van der Waals surface area contributed by atoms with Crippen LogP contribution in [-0.4, -0.2) is 80.1 Å². The summed E-state index contributed by atoms with van der Waals surface area (Å²) in [5.41, 5.74) is 1.21. The highest BCUT2D eigenvalue weighted by Crippen LogP contribution is 2.43. The Morgan fingerprint density at radius 2 is 1.81 bits per heavy atom. The molecule has 4 rings (SSSR count). The number of anilines is 1. The molecule has 0 saturated carbocycles. The van der Waals surface area contributed by atoms with Gasteiger partial charge in [-0.05, 0) is 46.5 Å². The first kappa shape index (κ1) is 26.4. The molecule has 2 aliphatic rings. The molecular weight excluding hydrogens is 468 g/mol. The average Bonchev–Trinajstić information content (AvgIpc) is 3.49. The molecule has 2 aliphatic heterocycles. The van der Waals surface area contributed by atoms with Gasteiger partial charge in [-0.3, -0.25) is 9.36 Å². The van der Waals surface area contributed by atoms with Crippen LogP contribution in [0.1, 0.15) is 65.5 Å². The van der Waals surface area contributed by atoms with Gasteiger partial charge in [0.25, 0.3) is 0 Å². The highest BCUT2D eigenvalue weighted by molar-refractivity contribution is 5.82.